The van der Waals surface area contributed by atoms with Crippen LogP contribution in [0.2, 0.25) is 5.02 Å². The van der Waals surface area contributed by atoms with Gasteiger partial charge in [0.2, 0.25) is 0 Å². The highest BCUT2D eigenvalue weighted by molar-refractivity contribution is 9.10. The van der Waals surface area contributed by atoms with E-state index in [9.17, 15) is 4.79 Å². The highest BCUT2D eigenvalue weighted by Gasteiger charge is 2.20. The minimum atomic E-state index is -0.00941. The van der Waals surface area contributed by atoms with Crippen LogP contribution in [0.5, 0.6) is 0 Å². The lowest BCUT2D eigenvalue weighted by atomic mass is 9.97. The summed E-state index contributed by atoms with van der Waals surface area (Å²) >= 11 is 9.47. The van der Waals surface area contributed by atoms with Gasteiger partial charge in [-0.3, -0.25) is 4.79 Å². The van der Waals surface area contributed by atoms with Crippen LogP contribution in [-0.4, -0.2) is 37.5 Å². The van der Waals surface area contributed by atoms with Crippen LogP contribution in [0.25, 0.3) is 0 Å². The molecule has 0 radical (unpaired) electrons. The lowest BCUT2D eigenvalue weighted by molar-refractivity contribution is 0.0763. The molecule has 0 spiro atoms. The van der Waals surface area contributed by atoms with Crippen molar-refractivity contribution < 1.29 is 4.79 Å². The Morgan fingerprint density at radius 1 is 1.47 bits per heavy atom. The molecule has 1 aliphatic heterocycles. The zero-order valence-corrected chi connectivity index (χ0v) is 13.3. The van der Waals surface area contributed by atoms with Gasteiger partial charge in [0.1, 0.15) is 0 Å². The van der Waals surface area contributed by atoms with Crippen LogP contribution in [0.1, 0.15) is 23.2 Å². The maximum Gasteiger partial charge on any atom is 0.255 e. The zero-order valence-electron chi connectivity index (χ0n) is 11.0. The Balaban J connectivity index is 2.03. The smallest absolute Gasteiger partial charge is 0.255 e. The molecule has 0 atom stereocenters. The highest BCUT2D eigenvalue weighted by Crippen LogP contribution is 2.23. The Bertz CT molecular complexity index is 461. The van der Waals surface area contributed by atoms with Crippen molar-refractivity contribution in [1.29, 1.82) is 0 Å². The molecule has 0 saturated carbocycles. The molecule has 1 N–H and O–H groups in total. The second kappa shape index (κ2) is 6.73. The maximum atomic E-state index is 12.4. The van der Waals surface area contributed by atoms with Gasteiger partial charge in [-0.1, -0.05) is 27.5 Å². The lowest BCUT2D eigenvalue weighted by Crippen LogP contribution is -2.37. The van der Waals surface area contributed by atoms with Crippen LogP contribution in [0.3, 0.4) is 0 Å². The van der Waals surface area contributed by atoms with E-state index in [-0.39, 0.29) is 5.91 Å². The molecular formula is C14H18BrClN2O. The highest BCUT2D eigenvalue weighted by atomic mass is 79.9. The molecule has 1 aliphatic rings. The Hall–Kier alpha value is -0.580. The first-order valence-corrected chi connectivity index (χ1v) is 7.66. The van der Waals surface area contributed by atoms with Crippen molar-refractivity contribution in [2.24, 2.45) is 5.92 Å². The third-order valence-corrected chi connectivity index (χ3v) is 4.32. The van der Waals surface area contributed by atoms with Crippen LogP contribution < -0.4 is 5.32 Å². The molecule has 0 unspecified atom stereocenters. The molecule has 0 aliphatic carbocycles. The first-order chi connectivity index (χ1) is 9.08. The van der Waals surface area contributed by atoms with Gasteiger partial charge < -0.3 is 10.2 Å². The van der Waals surface area contributed by atoms with Gasteiger partial charge in [-0.25, -0.2) is 0 Å². The van der Waals surface area contributed by atoms with E-state index in [0.717, 1.165) is 36.9 Å². The first-order valence-electron chi connectivity index (χ1n) is 6.49. The van der Waals surface area contributed by atoms with Gasteiger partial charge in [-0.2, -0.15) is 0 Å². The zero-order chi connectivity index (χ0) is 13.8. The molecular weight excluding hydrogens is 328 g/mol. The Morgan fingerprint density at radius 2 is 2.16 bits per heavy atom. The third-order valence-electron chi connectivity index (χ3n) is 3.50. The van der Waals surface area contributed by atoms with E-state index >= 15 is 0 Å². The second-order valence-corrected chi connectivity index (χ2v) is 6.33. The molecule has 0 aromatic heterocycles. The van der Waals surface area contributed by atoms with Gasteiger partial charge in [0.25, 0.3) is 5.91 Å². The van der Waals surface area contributed by atoms with E-state index in [1.807, 2.05) is 13.1 Å². The molecule has 1 fully saturated rings. The summed E-state index contributed by atoms with van der Waals surface area (Å²) < 4.78 is 0.871. The summed E-state index contributed by atoms with van der Waals surface area (Å²) in [6, 6.07) is 5.37. The molecule has 1 saturated heterocycles. The summed E-state index contributed by atoms with van der Waals surface area (Å²) in [5, 5.41) is 3.84. The quantitative estimate of drug-likeness (QED) is 0.912. The maximum absolute atomic E-state index is 12.4. The summed E-state index contributed by atoms with van der Waals surface area (Å²) in [5.41, 5.74) is 0.562. The van der Waals surface area contributed by atoms with Crippen LogP contribution >= 0.6 is 27.5 Å². The molecule has 1 heterocycles. The van der Waals surface area contributed by atoms with E-state index in [1.165, 1.54) is 0 Å². The van der Waals surface area contributed by atoms with Crippen molar-refractivity contribution in [1.82, 2.24) is 10.2 Å². The molecule has 5 heteroatoms. The summed E-state index contributed by atoms with van der Waals surface area (Å²) in [4.78, 5) is 14.2. The van der Waals surface area contributed by atoms with Gasteiger partial charge in [-0.15, -0.1) is 0 Å². The third kappa shape index (κ3) is 3.94. The van der Waals surface area contributed by atoms with Crippen molar-refractivity contribution in [3.63, 3.8) is 0 Å². The number of carbonyl (C=O) groups is 1. The minimum absolute atomic E-state index is 0.00941. The van der Waals surface area contributed by atoms with Gasteiger partial charge in [0.15, 0.2) is 0 Å². The predicted octanol–water partition coefficient (Wildman–Crippen LogP) is 3.17. The molecule has 2 rings (SSSR count). The van der Waals surface area contributed by atoms with Crippen LogP contribution in [0.4, 0.5) is 0 Å². The molecule has 0 bridgehead atoms. The number of nitrogens with zero attached hydrogens (tertiary/aromatic N) is 1. The number of halogens is 2. The number of piperidine rings is 1. The number of rotatable bonds is 3. The molecule has 104 valence electrons. The van der Waals surface area contributed by atoms with E-state index in [0.29, 0.717) is 16.5 Å². The van der Waals surface area contributed by atoms with Crippen molar-refractivity contribution in [2.75, 3.05) is 26.7 Å². The Labute approximate surface area is 127 Å². The van der Waals surface area contributed by atoms with Crippen molar-refractivity contribution in [3.8, 4) is 0 Å². The van der Waals surface area contributed by atoms with Gasteiger partial charge in [0, 0.05) is 18.1 Å². The Kier molecular flexibility index (Phi) is 5.25. The van der Waals surface area contributed by atoms with E-state index in [4.69, 9.17) is 11.6 Å². The summed E-state index contributed by atoms with van der Waals surface area (Å²) in [7, 11) is 1.85. The summed E-state index contributed by atoms with van der Waals surface area (Å²) in [6.07, 6.45) is 2.26. The van der Waals surface area contributed by atoms with Gasteiger partial charge in [0.05, 0.1) is 10.6 Å². The van der Waals surface area contributed by atoms with Gasteiger partial charge >= 0.3 is 0 Å². The number of benzene rings is 1. The number of carbonyl (C=O) groups excluding carboxylic acids is 1. The molecule has 1 aromatic rings. The first kappa shape index (κ1) is 14.8. The van der Waals surface area contributed by atoms with Crippen LogP contribution in [0, 0.1) is 5.92 Å². The van der Waals surface area contributed by atoms with E-state index in [1.54, 1.807) is 17.0 Å². The Morgan fingerprint density at radius 3 is 2.84 bits per heavy atom. The fourth-order valence-corrected chi connectivity index (χ4v) is 2.96. The van der Waals surface area contributed by atoms with Crippen LogP contribution in [-0.2, 0) is 0 Å². The number of hydrogen-bond acceptors (Lipinski definition) is 2. The topological polar surface area (TPSA) is 32.3 Å². The average Bonchev–Trinajstić information content (AvgIpc) is 2.42. The minimum Gasteiger partial charge on any atom is -0.341 e. The lowest BCUT2D eigenvalue weighted by Gasteiger charge is -2.27. The van der Waals surface area contributed by atoms with Crippen molar-refractivity contribution >= 4 is 33.4 Å². The number of hydrogen-bond donors (Lipinski definition) is 1. The molecule has 3 nitrogen and oxygen atoms in total. The average molecular weight is 346 g/mol. The fraction of sp³-hybridized carbons (Fsp3) is 0.500. The largest absolute Gasteiger partial charge is 0.341 e. The second-order valence-electron chi connectivity index (χ2n) is 5.00. The number of amides is 1. The van der Waals surface area contributed by atoms with Gasteiger partial charge in [-0.05, 0) is 50.0 Å². The standard InChI is InChI=1S/C14H18BrClN2O/c1-18(9-10-4-6-17-7-5-10)14(19)12-8-11(15)2-3-13(12)16/h2-3,8,10,17H,4-7,9H2,1H3. The van der Waals surface area contributed by atoms with E-state index < -0.39 is 0 Å². The van der Waals surface area contributed by atoms with E-state index in [2.05, 4.69) is 21.2 Å². The monoisotopic (exact) mass is 344 g/mol. The molecule has 19 heavy (non-hydrogen) atoms. The predicted molar refractivity (Wildman–Crippen MR) is 81.7 cm³/mol. The summed E-state index contributed by atoms with van der Waals surface area (Å²) in [5.74, 6) is 0.575. The normalized spacial score (nSPS) is 16.4. The molecule has 1 amide bonds. The van der Waals surface area contributed by atoms with Crippen molar-refractivity contribution in [2.45, 2.75) is 12.8 Å². The molecule has 1 aromatic carbocycles. The van der Waals surface area contributed by atoms with Crippen LogP contribution in [0.15, 0.2) is 22.7 Å². The van der Waals surface area contributed by atoms with Crippen molar-refractivity contribution in [3.05, 3.63) is 33.3 Å². The number of nitrogens with one attached hydrogen (secondary N) is 1. The summed E-state index contributed by atoms with van der Waals surface area (Å²) in [6.45, 7) is 2.89. The SMILES string of the molecule is CN(CC1CCNCC1)C(=O)c1cc(Br)ccc1Cl. The fourth-order valence-electron chi connectivity index (χ4n) is 2.40.